The second kappa shape index (κ2) is 5.23. The molecular weight excluding hydrogens is 286 g/mol. The largest absolute Gasteiger partial charge is 0.391 e. The fourth-order valence-corrected chi connectivity index (χ4v) is 3.28. The van der Waals surface area contributed by atoms with Gasteiger partial charge in [0.05, 0.1) is 12.2 Å². The van der Waals surface area contributed by atoms with Crippen LogP contribution in [0.3, 0.4) is 0 Å². The molecule has 0 aliphatic rings. The topological polar surface area (TPSA) is 91.1 Å². The Balaban J connectivity index is 2.14. The summed E-state index contributed by atoms with van der Waals surface area (Å²) in [6.07, 6.45) is 0. The van der Waals surface area contributed by atoms with Crippen molar-refractivity contribution in [1.29, 1.82) is 0 Å². The number of carbonyl (C=O) groups is 1. The normalized spacial score (nSPS) is 11.0. The summed E-state index contributed by atoms with van der Waals surface area (Å²) in [6, 6.07) is 9.71. The highest BCUT2D eigenvalue weighted by molar-refractivity contribution is 7.15. The lowest BCUT2D eigenvalue weighted by molar-refractivity contribution is 0.100. The number of thiophene rings is 1. The van der Waals surface area contributed by atoms with E-state index < -0.39 is 5.91 Å². The molecular formula is C15H15N3O2S. The number of H-pyrrole nitrogens is 1. The zero-order valence-corrected chi connectivity index (χ0v) is 12.3. The Morgan fingerprint density at radius 2 is 2.19 bits per heavy atom. The molecule has 0 fully saturated rings. The molecule has 0 spiro atoms. The minimum Gasteiger partial charge on any atom is -0.391 e. The monoisotopic (exact) mass is 301 g/mol. The molecule has 5 nitrogen and oxygen atoms in total. The summed E-state index contributed by atoms with van der Waals surface area (Å²) >= 11 is 1.55. The average Bonchev–Trinajstić information content (AvgIpc) is 3.10. The van der Waals surface area contributed by atoms with Gasteiger partial charge in [-0.05, 0) is 23.8 Å². The Morgan fingerprint density at radius 3 is 2.81 bits per heavy atom. The van der Waals surface area contributed by atoms with Crippen LogP contribution in [0, 0.1) is 0 Å². The predicted molar refractivity (Wildman–Crippen MR) is 85.6 cm³/mol. The van der Waals surface area contributed by atoms with E-state index in [0.29, 0.717) is 11.4 Å². The maximum atomic E-state index is 11.6. The van der Waals surface area contributed by atoms with Gasteiger partial charge in [-0.1, -0.05) is 12.1 Å². The van der Waals surface area contributed by atoms with Gasteiger partial charge in [-0.15, -0.1) is 11.3 Å². The summed E-state index contributed by atoms with van der Waals surface area (Å²) in [6.45, 7) is 0.0468. The van der Waals surface area contributed by atoms with Crippen molar-refractivity contribution in [2.24, 2.45) is 5.73 Å². The standard InChI is InChI=1S/C15H15N3O2S/c1-17-15-13(14(16)20)10-4-2-8(6-11(10)18-15)12-5-3-9(7-19)21-12/h2-6,17-19H,7H2,1H3,(H2,16,20). The van der Waals surface area contributed by atoms with Gasteiger partial charge in [0.25, 0.3) is 5.91 Å². The summed E-state index contributed by atoms with van der Waals surface area (Å²) in [5.74, 6) is 0.161. The number of rotatable bonds is 4. The van der Waals surface area contributed by atoms with Gasteiger partial charge >= 0.3 is 0 Å². The van der Waals surface area contributed by atoms with Crippen molar-refractivity contribution in [1.82, 2.24) is 4.98 Å². The third kappa shape index (κ3) is 2.28. The molecule has 0 bridgehead atoms. The fraction of sp³-hybridized carbons (Fsp3) is 0.133. The third-order valence-electron chi connectivity index (χ3n) is 3.40. The smallest absolute Gasteiger partial charge is 0.253 e. The van der Waals surface area contributed by atoms with Gasteiger partial charge in [0.2, 0.25) is 0 Å². The van der Waals surface area contributed by atoms with E-state index in [4.69, 9.17) is 10.8 Å². The van der Waals surface area contributed by atoms with Gasteiger partial charge in [0.1, 0.15) is 5.82 Å². The number of hydrogen-bond acceptors (Lipinski definition) is 4. The summed E-state index contributed by atoms with van der Waals surface area (Å²) < 4.78 is 0. The first-order valence-corrected chi connectivity index (χ1v) is 7.29. The maximum absolute atomic E-state index is 11.6. The Kier molecular flexibility index (Phi) is 3.40. The second-order valence-corrected chi connectivity index (χ2v) is 5.84. The highest BCUT2D eigenvalue weighted by atomic mass is 32.1. The number of aliphatic hydroxyl groups excluding tert-OH is 1. The molecule has 2 aromatic heterocycles. The van der Waals surface area contributed by atoms with E-state index in [0.717, 1.165) is 26.2 Å². The first-order valence-electron chi connectivity index (χ1n) is 6.47. The van der Waals surface area contributed by atoms with Crippen LogP contribution in [0.15, 0.2) is 30.3 Å². The van der Waals surface area contributed by atoms with E-state index in [9.17, 15) is 4.79 Å². The summed E-state index contributed by atoms with van der Waals surface area (Å²) in [5.41, 5.74) is 7.81. The summed E-state index contributed by atoms with van der Waals surface area (Å²) in [7, 11) is 1.74. The highest BCUT2D eigenvalue weighted by Gasteiger charge is 2.16. The third-order valence-corrected chi connectivity index (χ3v) is 4.52. The second-order valence-electron chi connectivity index (χ2n) is 4.67. The fourth-order valence-electron chi connectivity index (χ4n) is 2.41. The molecule has 3 rings (SSSR count). The number of aromatic nitrogens is 1. The minimum atomic E-state index is -0.461. The zero-order chi connectivity index (χ0) is 15.0. The number of fused-ring (bicyclic) bond motifs is 1. The van der Waals surface area contributed by atoms with Crippen molar-refractivity contribution < 1.29 is 9.90 Å². The Hall–Kier alpha value is -2.31. The lowest BCUT2D eigenvalue weighted by atomic mass is 10.1. The van der Waals surface area contributed by atoms with E-state index >= 15 is 0 Å². The Labute approximate surface area is 125 Å². The number of aliphatic hydroxyl groups is 1. The van der Waals surface area contributed by atoms with Crippen molar-refractivity contribution in [3.63, 3.8) is 0 Å². The minimum absolute atomic E-state index is 0.0468. The molecule has 0 saturated carbocycles. The Morgan fingerprint density at radius 1 is 1.38 bits per heavy atom. The van der Waals surface area contributed by atoms with Crippen LogP contribution in [-0.4, -0.2) is 23.0 Å². The van der Waals surface area contributed by atoms with Gasteiger partial charge in [0, 0.05) is 27.7 Å². The molecule has 2 heterocycles. The van der Waals surface area contributed by atoms with Gasteiger partial charge in [-0.25, -0.2) is 0 Å². The van der Waals surface area contributed by atoms with Crippen LogP contribution in [0.25, 0.3) is 21.3 Å². The van der Waals surface area contributed by atoms with Gasteiger partial charge < -0.3 is 21.1 Å². The molecule has 108 valence electrons. The van der Waals surface area contributed by atoms with Crippen LogP contribution < -0.4 is 11.1 Å². The van der Waals surface area contributed by atoms with Gasteiger partial charge in [0.15, 0.2) is 0 Å². The van der Waals surface area contributed by atoms with E-state index in [1.165, 1.54) is 0 Å². The molecule has 0 atom stereocenters. The van der Waals surface area contributed by atoms with Crippen molar-refractivity contribution in [2.45, 2.75) is 6.61 Å². The molecule has 3 aromatic rings. The number of hydrogen-bond donors (Lipinski definition) is 4. The molecule has 1 amide bonds. The lowest BCUT2D eigenvalue weighted by Crippen LogP contribution is -2.12. The van der Waals surface area contributed by atoms with Crippen LogP contribution in [0.4, 0.5) is 5.82 Å². The number of nitrogens with one attached hydrogen (secondary N) is 2. The molecule has 0 saturated heterocycles. The molecule has 5 N–H and O–H groups in total. The van der Waals surface area contributed by atoms with Crippen molar-refractivity contribution in [2.75, 3.05) is 12.4 Å². The van der Waals surface area contributed by atoms with E-state index in [1.54, 1.807) is 18.4 Å². The molecule has 0 unspecified atom stereocenters. The maximum Gasteiger partial charge on any atom is 0.253 e. The van der Waals surface area contributed by atoms with E-state index in [-0.39, 0.29) is 6.61 Å². The van der Waals surface area contributed by atoms with Gasteiger partial charge in [-0.2, -0.15) is 0 Å². The summed E-state index contributed by atoms with van der Waals surface area (Å²) in [5, 5.41) is 12.9. The van der Waals surface area contributed by atoms with Crippen LogP contribution >= 0.6 is 11.3 Å². The number of benzene rings is 1. The molecule has 6 heteroatoms. The highest BCUT2D eigenvalue weighted by Crippen LogP contribution is 2.33. The van der Waals surface area contributed by atoms with Gasteiger partial charge in [-0.3, -0.25) is 4.79 Å². The molecule has 0 radical (unpaired) electrons. The first kappa shape index (κ1) is 13.7. The summed E-state index contributed by atoms with van der Waals surface area (Å²) in [4.78, 5) is 16.8. The predicted octanol–water partition coefficient (Wildman–Crippen LogP) is 2.53. The van der Waals surface area contributed by atoms with E-state index in [1.807, 2.05) is 30.3 Å². The van der Waals surface area contributed by atoms with Crippen molar-refractivity contribution in [3.8, 4) is 10.4 Å². The first-order chi connectivity index (χ1) is 10.1. The number of anilines is 1. The number of primary amides is 1. The van der Waals surface area contributed by atoms with E-state index in [2.05, 4.69) is 10.3 Å². The average molecular weight is 301 g/mol. The Bertz CT molecular complexity index is 820. The lowest BCUT2D eigenvalue weighted by Gasteiger charge is -1.99. The SMILES string of the molecule is CNc1[nH]c2cc(-c3ccc(CO)s3)ccc2c1C(N)=O. The quantitative estimate of drug-likeness (QED) is 0.597. The number of aromatic amines is 1. The molecule has 0 aliphatic carbocycles. The number of amides is 1. The molecule has 0 aliphatic heterocycles. The van der Waals surface area contributed by atoms with Crippen LogP contribution in [0.1, 0.15) is 15.2 Å². The molecule has 21 heavy (non-hydrogen) atoms. The molecule has 1 aromatic carbocycles. The van der Waals surface area contributed by atoms with Crippen LogP contribution in [0.2, 0.25) is 0 Å². The van der Waals surface area contributed by atoms with Crippen LogP contribution in [0.5, 0.6) is 0 Å². The number of carbonyl (C=O) groups excluding carboxylic acids is 1. The van der Waals surface area contributed by atoms with Crippen molar-refractivity contribution >= 4 is 34.0 Å². The van der Waals surface area contributed by atoms with Crippen molar-refractivity contribution in [3.05, 3.63) is 40.8 Å². The number of nitrogens with two attached hydrogens (primary N) is 1. The zero-order valence-electron chi connectivity index (χ0n) is 11.4. The van der Waals surface area contributed by atoms with Crippen LogP contribution in [-0.2, 0) is 6.61 Å².